The van der Waals surface area contributed by atoms with Gasteiger partial charge in [-0.3, -0.25) is 4.79 Å². The smallest absolute Gasteiger partial charge is 0.324 e. The zero-order valence-electron chi connectivity index (χ0n) is 14.8. The number of benzene rings is 2. The fourth-order valence-corrected chi connectivity index (χ4v) is 4.59. The van der Waals surface area contributed by atoms with E-state index in [0.717, 1.165) is 16.7 Å². The largest absolute Gasteiger partial charge is 0.468 e. The van der Waals surface area contributed by atoms with E-state index in [1.54, 1.807) is 24.3 Å². The Morgan fingerprint density at radius 3 is 2.35 bits per heavy atom. The van der Waals surface area contributed by atoms with Crippen LogP contribution in [0.5, 0.6) is 0 Å². The number of esters is 1. The minimum Gasteiger partial charge on any atom is -0.468 e. The second-order valence-electron chi connectivity index (χ2n) is 6.23. The molecule has 2 aromatic carbocycles. The van der Waals surface area contributed by atoms with Crippen LogP contribution >= 0.6 is 0 Å². The maximum absolute atomic E-state index is 13.2. The number of carbonyl (C=O) groups is 1. The van der Waals surface area contributed by atoms with E-state index in [0.29, 0.717) is 0 Å². The zero-order valence-corrected chi connectivity index (χ0v) is 15.6. The summed E-state index contributed by atoms with van der Waals surface area (Å²) >= 11 is 0. The van der Waals surface area contributed by atoms with E-state index in [4.69, 9.17) is 4.74 Å². The first-order valence-electron chi connectivity index (χ1n) is 8.34. The molecule has 136 valence electrons. The Morgan fingerprint density at radius 1 is 1.08 bits per heavy atom. The van der Waals surface area contributed by atoms with Crippen LogP contribution in [0.2, 0.25) is 0 Å². The molecule has 2 aromatic rings. The lowest BCUT2D eigenvalue weighted by Crippen LogP contribution is -2.47. The Kier molecular flexibility index (Phi) is 5.25. The van der Waals surface area contributed by atoms with Crippen molar-refractivity contribution in [2.75, 3.05) is 13.7 Å². The van der Waals surface area contributed by atoms with Crippen molar-refractivity contribution in [3.63, 3.8) is 0 Å². The number of hydrogen-bond donors (Lipinski definition) is 0. The molecule has 0 aromatic heterocycles. The minimum atomic E-state index is -3.83. The molecule has 1 aliphatic heterocycles. The Morgan fingerprint density at radius 2 is 1.73 bits per heavy atom. The molecule has 0 fully saturated rings. The van der Waals surface area contributed by atoms with Gasteiger partial charge in [-0.25, -0.2) is 8.42 Å². The van der Waals surface area contributed by atoms with Gasteiger partial charge in [0.1, 0.15) is 6.04 Å². The van der Waals surface area contributed by atoms with Gasteiger partial charge in [-0.15, -0.1) is 0 Å². The third-order valence-electron chi connectivity index (χ3n) is 4.51. The predicted molar refractivity (Wildman–Crippen MR) is 99.9 cm³/mol. The maximum Gasteiger partial charge on any atom is 0.324 e. The number of hydrogen-bond acceptors (Lipinski definition) is 4. The summed E-state index contributed by atoms with van der Waals surface area (Å²) < 4.78 is 32.5. The first kappa shape index (κ1) is 18.4. The molecule has 0 bridgehead atoms. The van der Waals surface area contributed by atoms with E-state index >= 15 is 0 Å². The lowest BCUT2D eigenvalue weighted by molar-refractivity contribution is -0.145. The van der Waals surface area contributed by atoms with E-state index in [1.807, 2.05) is 43.3 Å². The molecule has 3 rings (SSSR count). The lowest BCUT2D eigenvalue weighted by Gasteiger charge is -2.33. The van der Waals surface area contributed by atoms with Crippen LogP contribution in [0.15, 0.2) is 65.6 Å². The monoisotopic (exact) mass is 371 g/mol. The molecule has 0 N–H and O–H groups in total. The van der Waals surface area contributed by atoms with Crippen molar-refractivity contribution in [1.82, 2.24) is 4.31 Å². The first-order chi connectivity index (χ1) is 12.4. The van der Waals surface area contributed by atoms with Gasteiger partial charge in [0.25, 0.3) is 0 Å². The normalized spacial score (nSPS) is 18.2. The molecule has 6 heteroatoms. The average molecular weight is 371 g/mol. The molecule has 0 spiro atoms. The molecule has 1 aliphatic rings. The lowest BCUT2D eigenvalue weighted by atomic mass is 9.99. The van der Waals surface area contributed by atoms with E-state index in [9.17, 15) is 13.2 Å². The summed E-state index contributed by atoms with van der Waals surface area (Å²) in [6.07, 6.45) is 2.19. The van der Waals surface area contributed by atoms with Crippen LogP contribution in [0, 0.1) is 6.92 Å². The molecule has 0 unspecified atom stereocenters. The molecule has 1 atom stereocenters. The van der Waals surface area contributed by atoms with Crippen LogP contribution in [0.25, 0.3) is 5.57 Å². The van der Waals surface area contributed by atoms with Crippen LogP contribution < -0.4 is 0 Å². The van der Waals surface area contributed by atoms with Gasteiger partial charge in [0.05, 0.1) is 12.0 Å². The summed E-state index contributed by atoms with van der Waals surface area (Å²) in [5.41, 5.74) is 2.79. The molecule has 0 saturated heterocycles. The molecule has 1 heterocycles. The highest BCUT2D eigenvalue weighted by atomic mass is 32.2. The van der Waals surface area contributed by atoms with Gasteiger partial charge in [0.2, 0.25) is 10.0 Å². The topological polar surface area (TPSA) is 63.7 Å². The van der Waals surface area contributed by atoms with Crippen LogP contribution in [-0.4, -0.2) is 38.4 Å². The summed E-state index contributed by atoms with van der Waals surface area (Å²) in [4.78, 5) is 12.4. The first-order valence-corrected chi connectivity index (χ1v) is 9.78. The number of rotatable bonds is 4. The summed E-state index contributed by atoms with van der Waals surface area (Å²) in [6.45, 7) is 2.02. The molecule has 0 amide bonds. The third kappa shape index (κ3) is 3.57. The number of sulfonamides is 1. The third-order valence-corrected chi connectivity index (χ3v) is 6.38. The number of nitrogens with zero attached hydrogens (tertiary/aromatic N) is 1. The van der Waals surface area contributed by atoms with E-state index in [-0.39, 0.29) is 17.9 Å². The zero-order chi connectivity index (χ0) is 18.7. The van der Waals surface area contributed by atoms with Gasteiger partial charge < -0.3 is 4.74 Å². The van der Waals surface area contributed by atoms with Gasteiger partial charge in [0.15, 0.2) is 0 Å². The molecular formula is C20H21NO4S. The van der Waals surface area contributed by atoms with E-state index in [2.05, 4.69) is 0 Å². The van der Waals surface area contributed by atoms with Crippen molar-refractivity contribution in [3.8, 4) is 0 Å². The molecule has 0 saturated carbocycles. The Labute approximate surface area is 154 Å². The van der Waals surface area contributed by atoms with E-state index in [1.165, 1.54) is 11.4 Å². The molecule has 26 heavy (non-hydrogen) atoms. The Hall–Kier alpha value is -2.44. The van der Waals surface area contributed by atoms with Crippen molar-refractivity contribution < 1.29 is 17.9 Å². The predicted octanol–water partition coefficient (Wildman–Crippen LogP) is 3.01. The number of methoxy groups -OCH3 is 1. The van der Waals surface area contributed by atoms with Gasteiger partial charge >= 0.3 is 5.97 Å². The number of ether oxygens (including phenoxy) is 1. The number of carbonyl (C=O) groups excluding carboxylic acids is 1. The van der Waals surface area contributed by atoms with Crippen molar-refractivity contribution in [1.29, 1.82) is 0 Å². The van der Waals surface area contributed by atoms with Gasteiger partial charge in [-0.05, 0) is 36.6 Å². The molecular weight excluding hydrogens is 350 g/mol. The van der Waals surface area contributed by atoms with Crippen LogP contribution in [0.4, 0.5) is 0 Å². The van der Waals surface area contributed by atoms with Crippen molar-refractivity contribution >= 4 is 21.6 Å². The fourth-order valence-electron chi connectivity index (χ4n) is 3.02. The molecule has 5 nitrogen and oxygen atoms in total. The summed E-state index contributed by atoms with van der Waals surface area (Å²) in [5, 5.41) is 0. The Balaban J connectivity index is 2.01. The summed E-state index contributed by atoms with van der Waals surface area (Å²) in [6, 6.07) is 15.4. The quantitative estimate of drug-likeness (QED) is 0.775. The van der Waals surface area contributed by atoms with Gasteiger partial charge in [0, 0.05) is 6.54 Å². The maximum atomic E-state index is 13.2. The summed E-state index contributed by atoms with van der Waals surface area (Å²) in [7, 11) is -2.56. The SMILES string of the molecule is COC(=O)[C@H]1CC=C(c2ccccc2)CN1S(=O)(=O)c1ccc(C)cc1. The van der Waals surface area contributed by atoms with Crippen LogP contribution in [-0.2, 0) is 19.6 Å². The Bertz CT molecular complexity index is 918. The van der Waals surface area contributed by atoms with E-state index < -0.39 is 22.0 Å². The van der Waals surface area contributed by atoms with Crippen molar-refractivity contribution in [2.45, 2.75) is 24.3 Å². The highest BCUT2D eigenvalue weighted by Gasteiger charge is 2.38. The second-order valence-corrected chi connectivity index (χ2v) is 8.12. The van der Waals surface area contributed by atoms with Crippen LogP contribution in [0.1, 0.15) is 17.5 Å². The van der Waals surface area contributed by atoms with Gasteiger partial charge in [-0.1, -0.05) is 54.1 Å². The minimum absolute atomic E-state index is 0.125. The number of aryl methyl sites for hydroxylation is 1. The van der Waals surface area contributed by atoms with Crippen LogP contribution in [0.3, 0.4) is 0 Å². The highest BCUT2D eigenvalue weighted by molar-refractivity contribution is 7.89. The summed E-state index contributed by atoms with van der Waals surface area (Å²) in [5.74, 6) is -0.552. The molecule has 0 radical (unpaired) electrons. The second kappa shape index (κ2) is 7.43. The average Bonchev–Trinajstić information content (AvgIpc) is 2.68. The van der Waals surface area contributed by atoms with Crippen molar-refractivity contribution in [2.24, 2.45) is 0 Å². The highest BCUT2D eigenvalue weighted by Crippen LogP contribution is 2.30. The molecule has 0 aliphatic carbocycles. The van der Waals surface area contributed by atoms with Crippen molar-refractivity contribution in [3.05, 3.63) is 71.8 Å². The fraction of sp³-hybridized carbons (Fsp3) is 0.250. The van der Waals surface area contributed by atoms with Gasteiger partial charge in [-0.2, -0.15) is 4.31 Å². The standard InChI is InChI=1S/C20H21NO4S/c1-15-8-11-18(12-9-15)26(23,24)21-14-17(16-6-4-3-5-7-16)10-13-19(21)20(22)25-2/h3-12,19H,13-14H2,1-2H3/t19-/m1/s1.